The third kappa shape index (κ3) is 2.97. The number of hydrogen-bond acceptors (Lipinski definition) is 2. The predicted molar refractivity (Wildman–Crippen MR) is 109 cm³/mol. The van der Waals surface area contributed by atoms with E-state index in [1.54, 1.807) is 0 Å². The largest absolute Gasteiger partial charge is 0.234 e. The fraction of sp³-hybridized carbons (Fsp3) is 0.136. The lowest BCUT2D eigenvalue weighted by Gasteiger charge is -2.03. The summed E-state index contributed by atoms with van der Waals surface area (Å²) in [6.07, 6.45) is 4.73. The molecule has 2 aromatic carbocycles. The van der Waals surface area contributed by atoms with Crippen LogP contribution in [0.15, 0.2) is 78.0 Å². The summed E-state index contributed by atoms with van der Waals surface area (Å²) in [6.45, 7) is 4.15. The van der Waals surface area contributed by atoms with E-state index >= 15 is 0 Å². The van der Waals surface area contributed by atoms with Crippen molar-refractivity contribution >= 4 is 22.0 Å². The van der Waals surface area contributed by atoms with E-state index < -0.39 is 11.0 Å². The van der Waals surface area contributed by atoms with Gasteiger partial charge in [-0.3, -0.25) is 0 Å². The molecule has 0 aliphatic carbocycles. The minimum atomic E-state index is -1.73. The monoisotopic (exact) mass is 361 g/mol. The van der Waals surface area contributed by atoms with Gasteiger partial charge in [-0.05, 0) is 42.7 Å². The topological polar surface area (TPSA) is 34.9 Å². The average molecular weight is 361 g/mol. The molecule has 0 saturated heterocycles. The molecule has 3 nitrogen and oxygen atoms in total. The molecule has 0 spiro atoms. The van der Waals surface area contributed by atoms with Crippen molar-refractivity contribution in [2.75, 3.05) is 0 Å². The molecule has 4 rings (SSSR count). The maximum atomic E-state index is 13.1. The molecule has 130 valence electrons. The van der Waals surface area contributed by atoms with E-state index in [0.717, 1.165) is 39.0 Å². The summed E-state index contributed by atoms with van der Waals surface area (Å²) >= 11 is 0. The van der Waals surface area contributed by atoms with Gasteiger partial charge in [0.1, 0.15) is 0 Å². The van der Waals surface area contributed by atoms with Crippen molar-refractivity contribution in [3.05, 3.63) is 84.2 Å². The van der Waals surface area contributed by atoms with Crippen LogP contribution in [-0.4, -0.2) is 8.96 Å². The molecule has 26 heavy (non-hydrogen) atoms. The van der Waals surface area contributed by atoms with E-state index in [1.807, 2.05) is 65.8 Å². The smallest absolute Gasteiger partial charge is 0.205 e. The molecule has 0 N–H and O–H groups in total. The summed E-state index contributed by atoms with van der Waals surface area (Å²) in [5, 5.41) is 1.07. The molecule has 0 radical (unpaired) electrons. The van der Waals surface area contributed by atoms with Crippen LogP contribution in [0.2, 0.25) is 0 Å². The standard InChI is InChI=1S/C22H20N2OS/c1-3-17-15-24(26(25)20-11-9-16(2)10-12-20)22-21(17)13-19(14-23-22)18-7-5-4-6-8-18/h4-15H,3H2,1-2H3/p+1. The van der Waals surface area contributed by atoms with Gasteiger partial charge in [-0.25, -0.2) is 4.98 Å². The number of pyridine rings is 1. The van der Waals surface area contributed by atoms with Crippen LogP contribution < -0.4 is 0 Å². The van der Waals surface area contributed by atoms with Crippen LogP contribution in [0.5, 0.6) is 0 Å². The maximum absolute atomic E-state index is 13.1. The van der Waals surface area contributed by atoms with Crippen LogP contribution >= 0.6 is 0 Å². The van der Waals surface area contributed by atoms with Crippen molar-refractivity contribution in [1.29, 1.82) is 0 Å². The third-order valence-corrected chi connectivity index (χ3v) is 6.08. The molecule has 0 amide bonds. The second kappa shape index (κ2) is 6.89. The number of aromatic nitrogens is 2. The second-order valence-electron chi connectivity index (χ2n) is 6.42. The Labute approximate surface area is 155 Å². The van der Waals surface area contributed by atoms with Gasteiger partial charge in [-0.1, -0.05) is 59.2 Å². The molecule has 1 unspecified atom stereocenters. The van der Waals surface area contributed by atoms with Crippen LogP contribution in [-0.2, 0) is 21.6 Å². The summed E-state index contributed by atoms with van der Waals surface area (Å²) in [7, 11) is -1.73. The SMILES string of the molecule is CCc1cn([SH+](=O)c2ccc(C)cc2)c2ncc(-c3ccccc3)cc12. The Kier molecular flexibility index (Phi) is 4.43. The van der Waals surface area contributed by atoms with Gasteiger partial charge in [0.15, 0.2) is 10.5 Å². The fourth-order valence-electron chi connectivity index (χ4n) is 3.16. The van der Waals surface area contributed by atoms with Crippen molar-refractivity contribution in [2.24, 2.45) is 0 Å². The predicted octanol–water partition coefficient (Wildman–Crippen LogP) is 5.09. The molecular formula is C22H21N2OS+. The lowest BCUT2D eigenvalue weighted by Crippen LogP contribution is -2.03. The Morgan fingerprint density at radius 1 is 1.00 bits per heavy atom. The molecule has 1 atom stereocenters. The van der Waals surface area contributed by atoms with E-state index in [9.17, 15) is 4.21 Å². The van der Waals surface area contributed by atoms with Crippen molar-refractivity contribution < 1.29 is 4.21 Å². The van der Waals surface area contributed by atoms with Gasteiger partial charge >= 0.3 is 0 Å². The highest BCUT2D eigenvalue weighted by Crippen LogP contribution is 2.28. The molecule has 0 saturated carbocycles. The van der Waals surface area contributed by atoms with Gasteiger partial charge in [0.25, 0.3) is 0 Å². The van der Waals surface area contributed by atoms with Crippen LogP contribution in [0, 0.1) is 6.92 Å². The highest BCUT2D eigenvalue weighted by atomic mass is 32.2. The lowest BCUT2D eigenvalue weighted by molar-refractivity contribution is 0.591. The number of aryl methyl sites for hydroxylation is 2. The number of hydrogen-bond donors (Lipinski definition) is 0. The summed E-state index contributed by atoms with van der Waals surface area (Å²) in [6, 6.07) is 20.2. The van der Waals surface area contributed by atoms with Crippen molar-refractivity contribution in [3.8, 4) is 11.1 Å². The van der Waals surface area contributed by atoms with Crippen LogP contribution in [0.25, 0.3) is 22.2 Å². The highest BCUT2D eigenvalue weighted by Gasteiger charge is 2.20. The Morgan fingerprint density at radius 3 is 2.42 bits per heavy atom. The first-order valence-electron chi connectivity index (χ1n) is 8.77. The minimum absolute atomic E-state index is 0.781. The summed E-state index contributed by atoms with van der Waals surface area (Å²) < 4.78 is 14.9. The summed E-state index contributed by atoms with van der Waals surface area (Å²) in [4.78, 5) is 5.49. The first-order valence-corrected chi connectivity index (χ1v) is 9.98. The van der Waals surface area contributed by atoms with E-state index in [2.05, 4.69) is 30.1 Å². The molecule has 2 aromatic heterocycles. The molecule has 4 heteroatoms. The van der Waals surface area contributed by atoms with E-state index in [1.165, 1.54) is 5.56 Å². The number of rotatable bonds is 4. The first-order chi connectivity index (χ1) is 12.7. The van der Waals surface area contributed by atoms with Gasteiger partial charge in [-0.2, -0.15) is 0 Å². The van der Waals surface area contributed by atoms with E-state index in [4.69, 9.17) is 0 Å². The average Bonchev–Trinajstić information content (AvgIpc) is 3.06. The molecule has 2 heterocycles. The second-order valence-corrected chi connectivity index (χ2v) is 7.92. The first kappa shape index (κ1) is 16.7. The van der Waals surface area contributed by atoms with Gasteiger partial charge < -0.3 is 0 Å². The molecule has 0 bridgehead atoms. The van der Waals surface area contributed by atoms with E-state index in [-0.39, 0.29) is 0 Å². The van der Waals surface area contributed by atoms with Gasteiger partial charge in [0, 0.05) is 17.1 Å². The molecule has 0 aliphatic heterocycles. The van der Waals surface area contributed by atoms with Crippen LogP contribution in [0.3, 0.4) is 0 Å². The number of thiol groups is 1. The molecule has 0 aliphatic rings. The number of benzene rings is 2. The Bertz CT molecular complexity index is 1080. The normalized spacial score (nSPS) is 12.4. The summed E-state index contributed by atoms with van der Waals surface area (Å²) in [5.41, 5.74) is 5.33. The molecule has 4 aromatic rings. The highest BCUT2D eigenvalue weighted by molar-refractivity contribution is 7.83. The van der Waals surface area contributed by atoms with Gasteiger partial charge in [0.05, 0.1) is 6.20 Å². The fourth-order valence-corrected chi connectivity index (χ4v) is 4.39. The van der Waals surface area contributed by atoms with Crippen molar-refractivity contribution in [3.63, 3.8) is 0 Å². The van der Waals surface area contributed by atoms with Gasteiger partial charge in [0.2, 0.25) is 11.0 Å². The quantitative estimate of drug-likeness (QED) is 0.375. The van der Waals surface area contributed by atoms with Crippen molar-refractivity contribution in [2.45, 2.75) is 25.2 Å². The number of nitrogens with zero attached hydrogens (tertiary/aromatic N) is 2. The Hall–Kier alpha value is -2.72. The maximum Gasteiger partial charge on any atom is 0.205 e. The molecule has 0 fully saturated rings. The van der Waals surface area contributed by atoms with Crippen molar-refractivity contribution in [1.82, 2.24) is 8.96 Å². The Morgan fingerprint density at radius 2 is 1.73 bits per heavy atom. The minimum Gasteiger partial charge on any atom is -0.234 e. The zero-order valence-corrected chi connectivity index (χ0v) is 15.8. The zero-order valence-electron chi connectivity index (χ0n) is 14.9. The molecular weight excluding hydrogens is 340 g/mol. The van der Waals surface area contributed by atoms with Crippen LogP contribution in [0.4, 0.5) is 0 Å². The summed E-state index contributed by atoms with van der Waals surface area (Å²) in [5.74, 6) is 0. The van der Waals surface area contributed by atoms with E-state index in [0.29, 0.717) is 0 Å². The van der Waals surface area contributed by atoms with Crippen LogP contribution in [0.1, 0.15) is 18.1 Å². The van der Waals surface area contributed by atoms with Gasteiger partial charge in [-0.15, -0.1) is 3.97 Å². The zero-order chi connectivity index (χ0) is 18.1. The number of fused-ring (bicyclic) bond motifs is 1. The Balaban J connectivity index is 1.84. The lowest BCUT2D eigenvalue weighted by atomic mass is 10.1. The third-order valence-electron chi connectivity index (χ3n) is 4.65.